The lowest BCUT2D eigenvalue weighted by Gasteiger charge is -2.13. The number of Topliss-reactive ketones (excluding diaryl/α,β-unsaturated/α-hetero) is 1. The minimum absolute atomic E-state index is 0.225. The van der Waals surface area contributed by atoms with Gasteiger partial charge in [0.25, 0.3) is 0 Å². The van der Waals surface area contributed by atoms with Crippen LogP contribution in [0.4, 0.5) is 0 Å². The molecule has 1 aromatic carbocycles. The Labute approximate surface area is 126 Å². The van der Waals surface area contributed by atoms with Crippen molar-refractivity contribution >= 4 is 5.78 Å². The van der Waals surface area contributed by atoms with Crippen molar-refractivity contribution in [1.29, 1.82) is 0 Å². The number of rotatable bonds is 4. The molecule has 0 N–H and O–H groups in total. The minimum atomic E-state index is 0.225. The van der Waals surface area contributed by atoms with Crippen LogP contribution in [0.1, 0.15) is 55.4 Å². The van der Waals surface area contributed by atoms with E-state index in [1.807, 2.05) is 36.4 Å². The summed E-state index contributed by atoms with van der Waals surface area (Å²) >= 11 is 0. The highest BCUT2D eigenvalue weighted by atomic mass is 16.1. The van der Waals surface area contributed by atoms with Gasteiger partial charge in [0.15, 0.2) is 5.78 Å². The van der Waals surface area contributed by atoms with Gasteiger partial charge in [-0.3, -0.25) is 4.79 Å². The Morgan fingerprint density at radius 3 is 2.48 bits per heavy atom. The molecule has 3 rings (SSSR count). The van der Waals surface area contributed by atoms with Crippen molar-refractivity contribution in [3.8, 4) is 5.69 Å². The first-order chi connectivity index (χ1) is 10.3. The van der Waals surface area contributed by atoms with Crippen LogP contribution in [0, 0.1) is 5.92 Å². The van der Waals surface area contributed by atoms with Crippen molar-refractivity contribution in [2.75, 3.05) is 0 Å². The summed E-state index contributed by atoms with van der Waals surface area (Å²) in [7, 11) is 0. The Bertz CT molecular complexity index is 580. The number of hydrogen-bond acceptors (Lipinski definition) is 2. The van der Waals surface area contributed by atoms with Gasteiger partial charge in [-0.15, -0.1) is 0 Å². The summed E-state index contributed by atoms with van der Waals surface area (Å²) in [6.45, 7) is 0. The van der Waals surface area contributed by atoms with Crippen LogP contribution in [0.3, 0.4) is 0 Å². The molecule has 0 aliphatic heterocycles. The molecular formula is C18H22N2O. The van der Waals surface area contributed by atoms with E-state index in [1.165, 1.54) is 38.5 Å². The second-order valence-corrected chi connectivity index (χ2v) is 5.95. The zero-order valence-corrected chi connectivity index (χ0v) is 12.4. The van der Waals surface area contributed by atoms with Gasteiger partial charge in [-0.2, -0.15) is 5.10 Å². The summed E-state index contributed by atoms with van der Waals surface area (Å²) in [4.78, 5) is 12.6. The lowest BCUT2D eigenvalue weighted by Crippen LogP contribution is -2.13. The Balaban J connectivity index is 1.75. The number of ketones is 1. The van der Waals surface area contributed by atoms with E-state index in [2.05, 4.69) is 5.10 Å². The molecule has 110 valence electrons. The van der Waals surface area contributed by atoms with Gasteiger partial charge in [-0.05, 0) is 24.1 Å². The van der Waals surface area contributed by atoms with Gasteiger partial charge >= 0.3 is 0 Å². The van der Waals surface area contributed by atoms with Crippen molar-refractivity contribution < 1.29 is 4.79 Å². The third-order valence-corrected chi connectivity index (χ3v) is 4.38. The fourth-order valence-electron chi connectivity index (χ4n) is 3.22. The SMILES string of the molecule is O=C(CC1CCCCCC1)c1ccnn1-c1ccccc1. The molecule has 1 aliphatic rings. The molecule has 0 amide bonds. The molecule has 3 heteroatoms. The van der Waals surface area contributed by atoms with E-state index in [1.54, 1.807) is 10.9 Å². The molecule has 21 heavy (non-hydrogen) atoms. The fourth-order valence-corrected chi connectivity index (χ4v) is 3.22. The van der Waals surface area contributed by atoms with E-state index in [-0.39, 0.29) is 5.78 Å². The van der Waals surface area contributed by atoms with Crippen molar-refractivity contribution in [3.63, 3.8) is 0 Å². The molecule has 0 saturated heterocycles. The average molecular weight is 282 g/mol. The van der Waals surface area contributed by atoms with Crippen LogP contribution in [-0.2, 0) is 0 Å². The lowest BCUT2D eigenvalue weighted by atomic mass is 9.93. The molecule has 3 nitrogen and oxygen atoms in total. The van der Waals surface area contributed by atoms with E-state index < -0.39 is 0 Å². The smallest absolute Gasteiger partial charge is 0.181 e. The molecule has 1 aromatic heterocycles. The van der Waals surface area contributed by atoms with Gasteiger partial charge in [-0.25, -0.2) is 4.68 Å². The van der Waals surface area contributed by atoms with E-state index in [4.69, 9.17) is 0 Å². The lowest BCUT2D eigenvalue weighted by molar-refractivity contribution is 0.0949. The normalized spacial score (nSPS) is 16.6. The molecule has 0 atom stereocenters. The third-order valence-electron chi connectivity index (χ3n) is 4.38. The number of benzene rings is 1. The average Bonchev–Trinajstić information content (AvgIpc) is 2.87. The Kier molecular flexibility index (Phi) is 4.49. The zero-order valence-electron chi connectivity index (χ0n) is 12.4. The van der Waals surface area contributed by atoms with Gasteiger partial charge in [0.1, 0.15) is 5.69 Å². The topological polar surface area (TPSA) is 34.9 Å². The van der Waals surface area contributed by atoms with Crippen molar-refractivity contribution in [1.82, 2.24) is 9.78 Å². The Morgan fingerprint density at radius 2 is 1.76 bits per heavy atom. The number of carbonyl (C=O) groups excluding carboxylic acids is 1. The standard InChI is InChI=1S/C18H22N2O/c21-18(14-15-8-4-1-2-5-9-15)17-12-13-19-20(17)16-10-6-3-7-11-16/h3,6-7,10-13,15H,1-2,4-5,8-9,14H2. The highest BCUT2D eigenvalue weighted by Crippen LogP contribution is 2.27. The maximum Gasteiger partial charge on any atom is 0.181 e. The number of para-hydroxylation sites is 1. The van der Waals surface area contributed by atoms with Crippen LogP contribution in [0.5, 0.6) is 0 Å². The largest absolute Gasteiger partial charge is 0.292 e. The van der Waals surface area contributed by atoms with Crippen molar-refractivity contribution in [3.05, 3.63) is 48.3 Å². The van der Waals surface area contributed by atoms with Crippen LogP contribution in [0.15, 0.2) is 42.6 Å². The predicted octanol–water partition coefficient (Wildman–Crippen LogP) is 4.42. The van der Waals surface area contributed by atoms with E-state index in [9.17, 15) is 4.79 Å². The maximum absolute atomic E-state index is 12.6. The van der Waals surface area contributed by atoms with E-state index in [0.29, 0.717) is 18.0 Å². The van der Waals surface area contributed by atoms with Gasteiger partial charge in [0.2, 0.25) is 0 Å². The Hall–Kier alpha value is -1.90. The summed E-state index contributed by atoms with van der Waals surface area (Å²) in [6.07, 6.45) is 9.98. The molecule has 0 bridgehead atoms. The molecule has 2 aromatic rings. The first-order valence-electron chi connectivity index (χ1n) is 7.97. The fraction of sp³-hybridized carbons (Fsp3) is 0.444. The third kappa shape index (κ3) is 3.41. The quantitative estimate of drug-likeness (QED) is 0.614. The monoisotopic (exact) mass is 282 g/mol. The molecule has 1 fully saturated rings. The number of aromatic nitrogens is 2. The predicted molar refractivity (Wildman–Crippen MR) is 83.7 cm³/mol. The van der Waals surface area contributed by atoms with E-state index >= 15 is 0 Å². The van der Waals surface area contributed by atoms with Crippen LogP contribution in [0.2, 0.25) is 0 Å². The molecular weight excluding hydrogens is 260 g/mol. The summed E-state index contributed by atoms with van der Waals surface area (Å²) in [5.74, 6) is 0.780. The summed E-state index contributed by atoms with van der Waals surface area (Å²) in [5.41, 5.74) is 1.66. The van der Waals surface area contributed by atoms with Gasteiger partial charge in [-0.1, -0.05) is 56.7 Å². The highest BCUT2D eigenvalue weighted by molar-refractivity contribution is 5.95. The van der Waals surface area contributed by atoms with Crippen LogP contribution < -0.4 is 0 Å². The van der Waals surface area contributed by atoms with E-state index in [0.717, 1.165) is 5.69 Å². The molecule has 1 heterocycles. The number of hydrogen-bond donors (Lipinski definition) is 0. The van der Waals surface area contributed by atoms with Crippen LogP contribution >= 0.6 is 0 Å². The second-order valence-electron chi connectivity index (χ2n) is 5.95. The first-order valence-corrected chi connectivity index (χ1v) is 7.97. The molecule has 0 spiro atoms. The van der Waals surface area contributed by atoms with Crippen LogP contribution in [-0.4, -0.2) is 15.6 Å². The van der Waals surface area contributed by atoms with Gasteiger partial charge in [0.05, 0.1) is 11.9 Å². The number of nitrogens with zero attached hydrogens (tertiary/aromatic N) is 2. The molecule has 1 saturated carbocycles. The molecule has 0 unspecified atom stereocenters. The zero-order chi connectivity index (χ0) is 14.5. The van der Waals surface area contributed by atoms with Gasteiger partial charge in [0, 0.05) is 6.42 Å². The maximum atomic E-state index is 12.6. The summed E-state index contributed by atoms with van der Waals surface area (Å²) < 4.78 is 1.76. The second kappa shape index (κ2) is 6.70. The summed E-state index contributed by atoms with van der Waals surface area (Å²) in [5, 5.41) is 4.31. The molecule has 1 aliphatic carbocycles. The Morgan fingerprint density at radius 1 is 1.05 bits per heavy atom. The molecule has 0 radical (unpaired) electrons. The first kappa shape index (κ1) is 14.1. The van der Waals surface area contributed by atoms with Crippen LogP contribution in [0.25, 0.3) is 5.69 Å². The minimum Gasteiger partial charge on any atom is -0.292 e. The van der Waals surface area contributed by atoms with Crippen molar-refractivity contribution in [2.45, 2.75) is 44.9 Å². The number of carbonyl (C=O) groups is 1. The van der Waals surface area contributed by atoms with Crippen molar-refractivity contribution in [2.24, 2.45) is 5.92 Å². The van der Waals surface area contributed by atoms with Gasteiger partial charge < -0.3 is 0 Å². The highest BCUT2D eigenvalue weighted by Gasteiger charge is 2.20. The summed E-state index contributed by atoms with van der Waals surface area (Å²) in [6, 6.07) is 11.7.